The van der Waals surface area contributed by atoms with Gasteiger partial charge in [0.25, 0.3) is 11.7 Å². The van der Waals surface area contributed by atoms with Crippen LogP contribution in [0.15, 0.2) is 42.7 Å². The maximum absolute atomic E-state index is 12.1. The quantitative estimate of drug-likeness (QED) is 0.721. The van der Waals surface area contributed by atoms with Gasteiger partial charge in [-0.2, -0.15) is 0 Å². The number of nitrogens with two attached hydrogens (primary N) is 1. The summed E-state index contributed by atoms with van der Waals surface area (Å²) in [7, 11) is 0. The third kappa shape index (κ3) is 1.49. The number of benzene rings is 1. The van der Waals surface area contributed by atoms with E-state index in [0.717, 1.165) is 27.9 Å². The van der Waals surface area contributed by atoms with E-state index in [9.17, 15) is 4.79 Å². The predicted molar refractivity (Wildman–Crippen MR) is 86.6 cm³/mol. The van der Waals surface area contributed by atoms with Gasteiger partial charge in [0.05, 0.1) is 17.5 Å². The molecule has 0 saturated carbocycles. The predicted octanol–water partition coefficient (Wildman–Crippen LogP) is 2.80. The number of pyridine rings is 1. The third-order valence-electron chi connectivity index (χ3n) is 4.52. The number of primary amides is 1. The molecule has 0 aliphatic carbocycles. The van der Waals surface area contributed by atoms with Crippen LogP contribution in [-0.2, 0) is 5.79 Å². The number of amides is 1. The van der Waals surface area contributed by atoms with Crippen LogP contribution in [0.5, 0.6) is 11.5 Å². The summed E-state index contributed by atoms with van der Waals surface area (Å²) in [6.07, 6.45) is 3.32. The summed E-state index contributed by atoms with van der Waals surface area (Å²) in [6, 6.07) is 9.38. The van der Waals surface area contributed by atoms with E-state index in [1.54, 1.807) is 12.4 Å². The Hall–Kier alpha value is -3.28. The van der Waals surface area contributed by atoms with Crippen molar-refractivity contribution in [3.63, 3.8) is 0 Å². The molecule has 3 N–H and O–H groups in total. The Kier molecular flexibility index (Phi) is 2.29. The number of rotatable bonds is 1. The minimum atomic E-state index is -1.06. The maximum atomic E-state index is 12.1. The summed E-state index contributed by atoms with van der Waals surface area (Å²) in [5, 5.41) is 0. The van der Waals surface area contributed by atoms with E-state index < -0.39 is 11.7 Å². The molecule has 1 unspecified atom stereocenters. The molecule has 2 aliphatic rings. The SMILES string of the molecule is CC12Oc3cnccc3-c3[nH]c(C(N)=O)c(c31)-c1ccccc1O2. The Balaban J connectivity index is 1.94. The van der Waals surface area contributed by atoms with Gasteiger partial charge in [0.15, 0.2) is 5.75 Å². The van der Waals surface area contributed by atoms with Crippen LogP contribution in [0.3, 0.4) is 0 Å². The van der Waals surface area contributed by atoms with Gasteiger partial charge in [0, 0.05) is 29.8 Å². The van der Waals surface area contributed by atoms with Crippen molar-refractivity contribution in [2.24, 2.45) is 5.73 Å². The van der Waals surface area contributed by atoms with Gasteiger partial charge in [-0.05, 0) is 12.1 Å². The van der Waals surface area contributed by atoms with Gasteiger partial charge in [-0.1, -0.05) is 18.2 Å². The smallest absolute Gasteiger partial charge is 0.277 e. The number of H-pyrrole nitrogens is 1. The number of hydrogen-bond acceptors (Lipinski definition) is 4. The molecule has 5 rings (SSSR count). The zero-order valence-electron chi connectivity index (χ0n) is 12.8. The highest BCUT2D eigenvalue weighted by atomic mass is 16.7. The van der Waals surface area contributed by atoms with E-state index in [4.69, 9.17) is 15.2 Å². The second-order valence-electron chi connectivity index (χ2n) is 6.01. The van der Waals surface area contributed by atoms with Crippen LogP contribution in [0.4, 0.5) is 0 Å². The van der Waals surface area contributed by atoms with E-state index in [-0.39, 0.29) is 0 Å². The van der Waals surface area contributed by atoms with Gasteiger partial charge < -0.3 is 20.2 Å². The van der Waals surface area contributed by atoms with E-state index in [1.165, 1.54) is 0 Å². The highest BCUT2D eigenvalue weighted by Crippen LogP contribution is 2.54. The lowest BCUT2D eigenvalue weighted by molar-refractivity contribution is -0.108. The van der Waals surface area contributed by atoms with Gasteiger partial charge >= 0.3 is 0 Å². The summed E-state index contributed by atoms with van der Waals surface area (Å²) in [5.41, 5.74) is 9.94. The molecule has 4 heterocycles. The van der Waals surface area contributed by atoms with Crippen molar-refractivity contribution < 1.29 is 14.3 Å². The zero-order chi connectivity index (χ0) is 16.5. The monoisotopic (exact) mass is 319 g/mol. The lowest BCUT2D eigenvalue weighted by Gasteiger charge is -2.39. The van der Waals surface area contributed by atoms with E-state index in [0.29, 0.717) is 17.2 Å². The number of hydrogen-bond donors (Lipinski definition) is 2. The average Bonchev–Trinajstić information content (AvgIpc) is 2.97. The molecule has 1 amide bonds. The van der Waals surface area contributed by atoms with Crippen molar-refractivity contribution in [2.75, 3.05) is 0 Å². The number of nitrogens with one attached hydrogen (secondary N) is 1. The molecule has 3 aromatic rings. The Bertz CT molecular complexity index is 1020. The molecule has 6 heteroatoms. The van der Waals surface area contributed by atoms with Gasteiger partial charge in [-0.3, -0.25) is 9.78 Å². The number of ether oxygens (including phenoxy) is 2. The van der Waals surface area contributed by atoms with Crippen LogP contribution in [-0.4, -0.2) is 15.9 Å². The molecular weight excluding hydrogens is 306 g/mol. The first kappa shape index (κ1) is 13.2. The second kappa shape index (κ2) is 4.17. The van der Waals surface area contributed by atoms with Crippen molar-refractivity contribution >= 4 is 5.91 Å². The van der Waals surface area contributed by atoms with Gasteiger partial charge in [-0.25, -0.2) is 0 Å². The van der Waals surface area contributed by atoms with Crippen molar-refractivity contribution in [3.8, 4) is 33.9 Å². The molecule has 2 aromatic heterocycles. The lowest BCUT2D eigenvalue weighted by Crippen LogP contribution is -2.40. The molecule has 0 radical (unpaired) electrons. The normalized spacial score (nSPS) is 19.4. The maximum Gasteiger partial charge on any atom is 0.277 e. The molecule has 0 bridgehead atoms. The fraction of sp³-hybridized carbons (Fsp3) is 0.111. The highest BCUT2D eigenvalue weighted by molar-refractivity contribution is 6.03. The summed E-state index contributed by atoms with van der Waals surface area (Å²) < 4.78 is 12.3. The van der Waals surface area contributed by atoms with E-state index in [2.05, 4.69) is 9.97 Å². The molecule has 2 aliphatic heterocycles. The minimum Gasteiger partial charge on any atom is -0.448 e. The molecule has 0 fully saturated rings. The Morgan fingerprint density at radius 2 is 1.96 bits per heavy atom. The molecule has 1 aromatic carbocycles. The summed E-state index contributed by atoms with van der Waals surface area (Å²) >= 11 is 0. The van der Waals surface area contributed by atoms with Crippen LogP contribution in [0.2, 0.25) is 0 Å². The van der Waals surface area contributed by atoms with Crippen molar-refractivity contribution in [2.45, 2.75) is 12.7 Å². The largest absolute Gasteiger partial charge is 0.448 e. The zero-order valence-corrected chi connectivity index (χ0v) is 12.8. The van der Waals surface area contributed by atoms with Gasteiger partial charge in [0.1, 0.15) is 11.4 Å². The molecular formula is C18H13N3O3. The highest BCUT2D eigenvalue weighted by Gasteiger charge is 2.47. The van der Waals surface area contributed by atoms with E-state index >= 15 is 0 Å². The van der Waals surface area contributed by atoms with Crippen LogP contribution in [0.25, 0.3) is 22.4 Å². The second-order valence-corrected chi connectivity index (χ2v) is 6.01. The van der Waals surface area contributed by atoms with Crippen molar-refractivity contribution in [3.05, 3.63) is 54.0 Å². The molecule has 0 spiro atoms. The number of aromatic amines is 1. The molecule has 1 atom stereocenters. The fourth-order valence-electron chi connectivity index (χ4n) is 3.58. The Morgan fingerprint density at radius 3 is 2.79 bits per heavy atom. The Labute approximate surface area is 137 Å². The average molecular weight is 319 g/mol. The summed E-state index contributed by atoms with van der Waals surface area (Å²) in [4.78, 5) is 19.3. The summed E-state index contributed by atoms with van der Waals surface area (Å²) in [5.74, 6) is -0.336. The number of fused-ring (bicyclic) bond motifs is 4. The summed E-state index contributed by atoms with van der Waals surface area (Å²) in [6.45, 7) is 1.83. The first-order valence-corrected chi connectivity index (χ1v) is 7.56. The van der Waals surface area contributed by atoms with Crippen molar-refractivity contribution in [1.82, 2.24) is 9.97 Å². The van der Waals surface area contributed by atoms with Crippen molar-refractivity contribution in [1.29, 1.82) is 0 Å². The fourth-order valence-corrected chi connectivity index (χ4v) is 3.58. The van der Waals surface area contributed by atoms with Crippen LogP contribution >= 0.6 is 0 Å². The number of carbonyl (C=O) groups is 1. The Morgan fingerprint density at radius 1 is 1.17 bits per heavy atom. The molecule has 24 heavy (non-hydrogen) atoms. The lowest BCUT2D eigenvalue weighted by atomic mass is 9.88. The molecule has 0 saturated heterocycles. The first-order valence-electron chi connectivity index (χ1n) is 7.56. The van der Waals surface area contributed by atoms with E-state index in [1.807, 2.05) is 37.3 Å². The number of para-hydroxylation sites is 1. The van der Waals surface area contributed by atoms with Crippen LogP contribution in [0, 0.1) is 0 Å². The molecule has 6 nitrogen and oxygen atoms in total. The van der Waals surface area contributed by atoms with Gasteiger partial charge in [-0.15, -0.1) is 0 Å². The topological polar surface area (TPSA) is 90.2 Å². The first-order chi connectivity index (χ1) is 11.6. The molecule has 118 valence electrons. The number of nitrogens with zero attached hydrogens (tertiary/aromatic N) is 1. The van der Waals surface area contributed by atoms with Gasteiger partial charge in [0.2, 0.25) is 0 Å². The standard InChI is InChI=1S/C18H13N3O3/c1-18-14-13(9-4-2-3-5-11(9)23-18)16(17(19)22)21-15(14)10-6-7-20-8-12(10)24-18/h2-8,21H,1H3,(H2,19,22). The third-order valence-corrected chi connectivity index (χ3v) is 4.52. The van der Waals surface area contributed by atoms with Crippen LogP contribution < -0.4 is 15.2 Å². The van der Waals surface area contributed by atoms with Crippen LogP contribution in [0.1, 0.15) is 23.0 Å². The minimum absolute atomic E-state index is 0.357. The number of aromatic nitrogens is 2. The number of carbonyl (C=O) groups excluding carboxylic acids is 1.